The molecule has 0 aromatic heterocycles. The Kier molecular flexibility index (Phi) is 9.30. The highest BCUT2D eigenvalue weighted by Gasteiger charge is 2.52. The molecule has 0 bridgehead atoms. The summed E-state index contributed by atoms with van der Waals surface area (Å²) in [6.07, 6.45) is 1.19. The number of benzene rings is 3. The summed E-state index contributed by atoms with van der Waals surface area (Å²) in [7, 11) is -3.37. The Morgan fingerprint density at radius 1 is 0.956 bits per heavy atom. The average Bonchev–Trinajstić information content (AvgIpc) is 3.30. The molecule has 1 saturated heterocycles. The SMILES string of the molecule is CCOc1cc(C(C)(C)C)ccc1C1=NC(C)(c2ccc(Cl)cc2)C(c2ccc(Cl)cc2)N1C(=O)N1CCN(S(C)(=O)=O)CC1. The first-order valence-corrected chi connectivity index (χ1v) is 17.7. The Morgan fingerprint density at radius 3 is 2.07 bits per heavy atom. The molecular weight excluding hydrogens is 631 g/mol. The van der Waals surface area contributed by atoms with Crippen LogP contribution in [0.1, 0.15) is 62.9 Å². The van der Waals surface area contributed by atoms with E-state index in [-0.39, 0.29) is 37.6 Å². The van der Waals surface area contributed by atoms with Gasteiger partial charge in [-0.3, -0.25) is 9.89 Å². The van der Waals surface area contributed by atoms with E-state index in [0.29, 0.717) is 33.8 Å². The van der Waals surface area contributed by atoms with E-state index in [1.807, 2.05) is 74.5 Å². The Morgan fingerprint density at radius 2 is 1.53 bits per heavy atom. The van der Waals surface area contributed by atoms with Gasteiger partial charge >= 0.3 is 6.03 Å². The third-order valence-electron chi connectivity index (χ3n) is 8.54. The number of rotatable bonds is 6. The Bertz CT molecular complexity index is 1700. The number of hydrogen-bond donors (Lipinski definition) is 0. The van der Waals surface area contributed by atoms with Gasteiger partial charge < -0.3 is 9.64 Å². The molecule has 11 heteroatoms. The van der Waals surface area contributed by atoms with E-state index >= 15 is 0 Å². The highest BCUT2D eigenvalue weighted by atomic mass is 35.5. The van der Waals surface area contributed by atoms with Gasteiger partial charge in [-0.05, 0) is 72.4 Å². The summed E-state index contributed by atoms with van der Waals surface area (Å²) in [5.74, 6) is 1.12. The quantitative estimate of drug-likeness (QED) is 0.280. The van der Waals surface area contributed by atoms with Crippen LogP contribution in [0.15, 0.2) is 71.7 Å². The third-order valence-corrected chi connectivity index (χ3v) is 10.4. The number of hydrogen-bond acceptors (Lipinski definition) is 5. The molecule has 2 amide bonds. The van der Waals surface area contributed by atoms with Gasteiger partial charge in [0.2, 0.25) is 10.0 Å². The zero-order chi connectivity index (χ0) is 32.7. The van der Waals surface area contributed by atoms with Crippen LogP contribution in [0.3, 0.4) is 0 Å². The first-order chi connectivity index (χ1) is 21.1. The summed E-state index contributed by atoms with van der Waals surface area (Å²) in [4.78, 5) is 23.6. The van der Waals surface area contributed by atoms with Crippen LogP contribution in [-0.4, -0.2) is 73.4 Å². The van der Waals surface area contributed by atoms with Crippen LogP contribution in [0, 0.1) is 0 Å². The number of carbonyl (C=O) groups excluding carboxylic acids is 1. The fourth-order valence-electron chi connectivity index (χ4n) is 6.04. The normalized spacial score (nSPS) is 21.2. The summed E-state index contributed by atoms with van der Waals surface area (Å²) in [6.45, 7) is 11.8. The topological polar surface area (TPSA) is 82.5 Å². The van der Waals surface area contributed by atoms with Crippen LogP contribution in [0.2, 0.25) is 10.0 Å². The molecule has 2 unspecified atom stereocenters. The number of ether oxygens (including phenoxy) is 1. The fraction of sp³-hybridized carbons (Fsp3) is 0.412. The number of piperazine rings is 1. The minimum absolute atomic E-state index is 0.125. The van der Waals surface area contributed by atoms with E-state index in [4.69, 9.17) is 32.9 Å². The monoisotopic (exact) mass is 670 g/mol. The van der Waals surface area contributed by atoms with Crippen molar-refractivity contribution in [2.75, 3.05) is 39.0 Å². The van der Waals surface area contributed by atoms with Gasteiger partial charge in [0.25, 0.3) is 0 Å². The smallest absolute Gasteiger partial charge is 0.326 e. The molecule has 3 aromatic rings. The predicted molar refractivity (Wildman–Crippen MR) is 181 cm³/mol. The van der Waals surface area contributed by atoms with Crippen molar-refractivity contribution in [3.05, 3.63) is 99.0 Å². The zero-order valence-electron chi connectivity index (χ0n) is 26.5. The molecule has 0 saturated carbocycles. The predicted octanol–water partition coefficient (Wildman–Crippen LogP) is 7.11. The summed E-state index contributed by atoms with van der Waals surface area (Å²) < 4.78 is 32.1. The lowest BCUT2D eigenvalue weighted by molar-refractivity contribution is 0.136. The molecule has 2 atom stereocenters. The van der Waals surface area contributed by atoms with Crippen LogP contribution in [0.5, 0.6) is 5.75 Å². The Labute approximate surface area is 276 Å². The molecule has 0 N–H and O–H groups in total. The number of nitrogens with zero attached hydrogens (tertiary/aromatic N) is 4. The van der Waals surface area contributed by atoms with Crippen molar-refractivity contribution in [1.82, 2.24) is 14.1 Å². The molecule has 0 radical (unpaired) electrons. The number of carbonyl (C=O) groups is 1. The van der Waals surface area contributed by atoms with Gasteiger partial charge in [-0.15, -0.1) is 0 Å². The highest BCUT2D eigenvalue weighted by molar-refractivity contribution is 7.88. The highest BCUT2D eigenvalue weighted by Crippen LogP contribution is 2.50. The van der Waals surface area contributed by atoms with Gasteiger partial charge in [-0.25, -0.2) is 13.2 Å². The number of amides is 2. The Balaban J connectivity index is 1.71. The maximum Gasteiger partial charge on any atom is 0.326 e. The number of halogens is 2. The minimum Gasteiger partial charge on any atom is -0.493 e. The lowest BCUT2D eigenvalue weighted by Crippen LogP contribution is -2.55. The molecule has 1 fully saturated rings. The zero-order valence-corrected chi connectivity index (χ0v) is 28.9. The molecule has 8 nitrogen and oxygen atoms in total. The lowest BCUT2D eigenvalue weighted by Gasteiger charge is -2.40. The largest absolute Gasteiger partial charge is 0.493 e. The molecule has 2 heterocycles. The van der Waals surface area contributed by atoms with E-state index in [2.05, 4.69) is 26.8 Å². The number of amidine groups is 1. The summed E-state index contributed by atoms with van der Waals surface area (Å²) in [5.41, 5.74) is 2.47. The van der Waals surface area contributed by atoms with Gasteiger partial charge in [-0.1, -0.05) is 74.3 Å². The van der Waals surface area contributed by atoms with Crippen molar-refractivity contribution in [2.45, 2.75) is 51.6 Å². The van der Waals surface area contributed by atoms with Gasteiger partial charge in [0.05, 0.1) is 24.5 Å². The van der Waals surface area contributed by atoms with E-state index in [0.717, 1.165) is 16.7 Å². The van der Waals surface area contributed by atoms with Crippen molar-refractivity contribution < 1.29 is 17.9 Å². The second kappa shape index (κ2) is 12.6. The molecular formula is C34H40Cl2N4O4S. The number of urea groups is 1. The van der Waals surface area contributed by atoms with Crippen molar-refractivity contribution in [2.24, 2.45) is 4.99 Å². The first-order valence-electron chi connectivity index (χ1n) is 15.1. The second-order valence-electron chi connectivity index (χ2n) is 12.7. The summed E-state index contributed by atoms with van der Waals surface area (Å²) in [5, 5.41) is 1.18. The first kappa shape index (κ1) is 33.3. The van der Waals surface area contributed by atoms with E-state index in [9.17, 15) is 13.2 Å². The number of sulfonamides is 1. The maximum atomic E-state index is 14.8. The standard InChI is InChI=1S/C34H40Cl2N4O4S/c1-7-44-29-22-25(33(2,3)4)12-17-28(29)31-37-34(5,24-10-15-27(36)16-11-24)30(23-8-13-26(35)14-9-23)40(31)32(41)38-18-20-39(21-19-38)45(6,42)43/h8-17,22,30H,7,18-21H2,1-6H3. The van der Waals surface area contributed by atoms with Crippen molar-refractivity contribution in [3.8, 4) is 5.75 Å². The average molecular weight is 672 g/mol. The van der Waals surface area contributed by atoms with Crippen LogP contribution >= 0.6 is 23.2 Å². The molecule has 2 aliphatic rings. The molecule has 45 heavy (non-hydrogen) atoms. The number of aliphatic imine (C=N–C) groups is 1. The molecule has 240 valence electrons. The van der Waals surface area contributed by atoms with Crippen molar-refractivity contribution >= 4 is 45.1 Å². The fourth-order valence-corrected chi connectivity index (χ4v) is 7.12. The molecule has 2 aliphatic heterocycles. The van der Waals surface area contributed by atoms with Crippen molar-refractivity contribution in [3.63, 3.8) is 0 Å². The third kappa shape index (κ3) is 6.73. The molecule has 0 spiro atoms. The van der Waals surface area contributed by atoms with Gasteiger partial charge in [0.15, 0.2) is 0 Å². The van der Waals surface area contributed by atoms with Gasteiger partial charge in [-0.2, -0.15) is 4.31 Å². The summed E-state index contributed by atoms with van der Waals surface area (Å²) >= 11 is 12.6. The maximum absolute atomic E-state index is 14.8. The Hall–Kier alpha value is -3.11. The molecule has 0 aliphatic carbocycles. The van der Waals surface area contributed by atoms with E-state index in [1.165, 1.54) is 10.6 Å². The minimum atomic E-state index is -3.37. The lowest BCUT2D eigenvalue weighted by atomic mass is 9.81. The molecule has 3 aromatic carbocycles. The van der Waals surface area contributed by atoms with Crippen LogP contribution < -0.4 is 4.74 Å². The van der Waals surface area contributed by atoms with Crippen LogP contribution in [0.4, 0.5) is 4.79 Å². The van der Waals surface area contributed by atoms with Gasteiger partial charge in [0.1, 0.15) is 17.1 Å². The second-order valence-corrected chi connectivity index (χ2v) is 15.6. The molecule has 5 rings (SSSR count). The summed E-state index contributed by atoms with van der Waals surface area (Å²) in [6, 6.07) is 20.3. The van der Waals surface area contributed by atoms with Crippen LogP contribution in [0.25, 0.3) is 0 Å². The van der Waals surface area contributed by atoms with Crippen LogP contribution in [-0.2, 0) is 21.0 Å². The van der Waals surface area contributed by atoms with E-state index in [1.54, 1.807) is 9.80 Å². The van der Waals surface area contributed by atoms with E-state index < -0.39 is 21.6 Å². The van der Waals surface area contributed by atoms with Gasteiger partial charge in [0, 0.05) is 36.2 Å². The van der Waals surface area contributed by atoms with Crippen molar-refractivity contribution in [1.29, 1.82) is 0 Å².